The van der Waals surface area contributed by atoms with Gasteiger partial charge in [0.15, 0.2) is 0 Å². The summed E-state index contributed by atoms with van der Waals surface area (Å²) in [5, 5.41) is 12.0. The van der Waals surface area contributed by atoms with Gasteiger partial charge in [-0.2, -0.15) is 0 Å². The summed E-state index contributed by atoms with van der Waals surface area (Å²) in [7, 11) is 1.62. The maximum absolute atomic E-state index is 11.4. The molecule has 5 heteroatoms. The van der Waals surface area contributed by atoms with E-state index in [-0.39, 0.29) is 5.91 Å². The highest BCUT2D eigenvalue weighted by Crippen LogP contribution is 2.15. The standard InChI is InChI=1S/C13H21N3O2/c1-4-7-16(9-13(18)14-3)12-6-5-11(8-15-12)10(2)17/h5-6,8,10,17H,4,7,9H2,1-3H3,(H,14,18). The van der Waals surface area contributed by atoms with Crippen molar-refractivity contribution in [3.05, 3.63) is 23.9 Å². The minimum absolute atomic E-state index is 0.0372. The molecule has 0 aliphatic carbocycles. The van der Waals surface area contributed by atoms with Crippen LogP contribution >= 0.6 is 0 Å². The summed E-state index contributed by atoms with van der Waals surface area (Å²) in [5.74, 6) is 0.717. The Bertz CT molecular complexity index is 376. The van der Waals surface area contributed by atoms with Gasteiger partial charge in [-0.3, -0.25) is 4.79 Å². The van der Waals surface area contributed by atoms with Crippen LogP contribution in [0, 0.1) is 0 Å². The number of carbonyl (C=O) groups is 1. The van der Waals surface area contributed by atoms with Crippen molar-refractivity contribution in [2.24, 2.45) is 0 Å². The zero-order chi connectivity index (χ0) is 13.5. The summed E-state index contributed by atoms with van der Waals surface area (Å²) in [6.45, 7) is 4.83. The molecule has 0 fully saturated rings. The second-order valence-electron chi connectivity index (χ2n) is 4.22. The van der Waals surface area contributed by atoms with Crippen molar-refractivity contribution in [3.63, 3.8) is 0 Å². The quantitative estimate of drug-likeness (QED) is 0.794. The zero-order valence-corrected chi connectivity index (χ0v) is 11.2. The van der Waals surface area contributed by atoms with E-state index in [1.807, 2.05) is 17.0 Å². The molecular weight excluding hydrogens is 230 g/mol. The molecule has 1 amide bonds. The van der Waals surface area contributed by atoms with Crippen molar-refractivity contribution in [2.75, 3.05) is 25.0 Å². The van der Waals surface area contributed by atoms with Gasteiger partial charge in [0.2, 0.25) is 5.91 Å². The first-order chi connectivity index (χ1) is 8.58. The van der Waals surface area contributed by atoms with Crippen molar-refractivity contribution in [1.82, 2.24) is 10.3 Å². The number of pyridine rings is 1. The van der Waals surface area contributed by atoms with Gasteiger partial charge in [0, 0.05) is 19.8 Å². The second kappa shape index (κ2) is 6.96. The van der Waals surface area contributed by atoms with Crippen molar-refractivity contribution < 1.29 is 9.90 Å². The van der Waals surface area contributed by atoms with Crippen LogP contribution in [0.25, 0.3) is 0 Å². The molecular formula is C13H21N3O2. The summed E-state index contributed by atoms with van der Waals surface area (Å²) in [6, 6.07) is 3.67. The number of hydrogen-bond donors (Lipinski definition) is 2. The number of anilines is 1. The molecule has 0 radical (unpaired) electrons. The predicted octanol–water partition coefficient (Wildman–Crippen LogP) is 1.10. The number of rotatable bonds is 6. The first-order valence-electron chi connectivity index (χ1n) is 6.18. The van der Waals surface area contributed by atoms with Crippen LogP contribution in [-0.2, 0) is 4.79 Å². The lowest BCUT2D eigenvalue weighted by Crippen LogP contribution is -2.36. The largest absolute Gasteiger partial charge is 0.389 e. The van der Waals surface area contributed by atoms with E-state index < -0.39 is 6.10 Å². The molecule has 18 heavy (non-hydrogen) atoms. The summed E-state index contributed by atoms with van der Waals surface area (Å²) < 4.78 is 0. The minimum Gasteiger partial charge on any atom is -0.389 e. The molecule has 0 saturated carbocycles. The molecule has 0 aliphatic heterocycles. The fourth-order valence-electron chi connectivity index (χ4n) is 1.63. The van der Waals surface area contributed by atoms with Crippen LogP contribution in [0.3, 0.4) is 0 Å². The summed E-state index contributed by atoms with van der Waals surface area (Å²) in [5.41, 5.74) is 0.773. The molecule has 1 atom stereocenters. The Balaban J connectivity index is 2.81. The average molecular weight is 251 g/mol. The maximum Gasteiger partial charge on any atom is 0.239 e. The van der Waals surface area contributed by atoms with Crippen molar-refractivity contribution in [3.8, 4) is 0 Å². The Kier molecular flexibility index (Phi) is 5.58. The van der Waals surface area contributed by atoms with Gasteiger partial charge in [0.05, 0.1) is 12.6 Å². The topological polar surface area (TPSA) is 65.5 Å². The van der Waals surface area contributed by atoms with E-state index in [4.69, 9.17) is 0 Å². The van der Waals surface area contributed by atoms with Crippen LogP contribution in [0.1, 0.15) is 31.9 Å². The number of amides is 1. The van der Waals surface area contributed by atoms with Gasteiger partial charge in [-0.1, -0.05) is 13.0 Å². The zero-order valence-electron chi connectivity index (χ0n) is 11.2. The molecule has 1 unspecified atom stereocenters. The lowest BCUT2D eigenvalue weighted by atomic mass is 10.2. The number of likely N-dealkylation sites (N-methyl/N-ethyl adjacent to an activating group) is 1. The Labute approximate surface area is 108 Å². The van der Waals surface area contributed by atoms with Crippen LogP contribution in [0.15, 0.2) is 18.3 Å². The van der Waals surface area contributed by atoms with E-state index in [1.165, 1.54) is 0 Å². The third kappa shape index (κ3) is 4.00. The number of aliphatic hydroxyl groups is 1. The van der Waals surface area contributed by atoms with Gasteiger partial charge in [0.1, 0.15) is 5.82 Å². The molecule has 0 bridgehead atoms. The molecule has 1 aromatic rings. The summed E-state index contributed by atoms with van der Waals surface area (Å²) in [4.78, 5) is 17.6. The lowest BCUT2D eigenvalue weighted by Gasteiger charge is -2.22. The van der Waals surface area contributed by atoms with E-state index in [9.17, 15) is 9.90 Å². The molecule has 1 aromatic heterocycles. The first kappa shape index (κ1) is 14.4. The Hall–Kier alpha value is -1.62. The fraction of sp³-hybridized carbons (Fsp3) is 0.538. The van der Waals surface area contributed by atoms with E-state index >= 15 is 0 Å². The van der Waals surface area contributed by atoms with Gasteiger partial charge in [-0.15, -0.1) is 0 Å². The summed E-state index contributed by atoms with van der Waals surface area (Å²) in [6.07, 6.45) is 2.06. The highest BCUT2D eigenvalue weighted by Gasteiger charge is 2.11. The number of carbonyl (C=O) groups excluding carboxylic acids is 1. The highest BCUT2D eigenvalue weighted by atomic mass is 16.3. The maximum atomic E-state index is 11.4. The summed E-state index contributed by atoms with van der Waals surface area (Å²) >= 11 is 0. The third-order valence-corrected chi connectivity index (χ3v) is 2.68. The molecule has 5 nitrogen and oxygen atoms in total. The van der Waals surface area contributed by atoms with E-state index in [1.54, 1.807) is 20.2 Å². The van der Waals surface area contributed by atoms with E-state index in [0.29, 0.717) is 6.54 Å². The molecule has 1 rings (SSSR count). The molecule has 2 N–H and O–H groups in total. The second-order valence-corrected chi connectivity index (χ2v) is 4.22. The lowest BCUT2D eigenvalue weighted by molar-refractivity contribution is -0.119. The average Bonchev–Trinajstić information content (AvgIpc) is 2.38. The predicted molar refractivity (Wildman–Crippen MR) is 71.4 cm³/mol. The normalized spacial score (nSPS) is 12.0. The van der Waals surface area contributed by atoms with Crippen LogP contribution < -0.4 is 10.2 Å². The Morgan fingerprint density at radius 2 is 2.28 bits per heavy atom. The van der Waals surface area contributed by atoms with Crippen molar-refractivity contribution in [2.45, 2.75) is 26.4 Å². The molecule has 100 valence electrons. The van der Waals surface area contributed by atoms with Gasteiger partial charge in [-0.25, -0.2) is 4.98 Å². The van der Waals surface area contributed by atoms with Gasteiger partial charge in [0.25, 0.3) is 0 Å². The number of nitrogens with one attached hydrogen (secondary N) is 1. The van der Waals surface area contributed by atoms with E-state index in [2.05, 4.69) is 17.2 Å². The van der Waals surface area contributed by atoms with Crippen LogP contribution in [-0.4, -0.2) is 36.1 Å². The fourth-order valence-corrected chi connectivity index (χ4v) is 1.63. The smallest absolute Gasteiger partial charge is 0.239 e. The van der Waals surface area contributed by atoms with Crippen LogP contribution in [0.4, 0.5) is 5.82 Å². The molecule has 1 heterocycles. The Morgan fingerprint density at radius 3 is 2.72 bits per heavy atom. The molecule has 0 aliphatic rings. The molecule has 0 spiro atoms. The van der Waals surface area contributed by atoms with E-state index in [0.717, 1.165) is 24.3 Å². The molecule has 0 aromatic carbocycles. The number of nitrogens with zero attached hydrogens (tertiary/aromatic N) is 2. The number of hydrogen-bond acceptors (Lipinski definition) is 4. The van der Waals surface area contributed by atoms with Crippen molar-refractivity contribution in [1.29, 1.82) is 0 Å². The number of aromatic nitrogens is 1. The third-order valence-electron chi connectivity index (χ3n) is 2.68. The Morgan fingerprint density at radius 1 is 1.56 bits per heavy atom. The number of aliphatic hydroxyl groups excluding tert-OH is 1. The van der Waals surface area contributed by atoms with Gasteiger partial charge in [-0.05, 0) is 25.0 Å². The molecule has 0 saturated heterocycles. The SMILES string of the molecule is CCCN(CC(=O)NC)c1ccc(C(C)O)cn1. The van der Waals surface area contributed by atoms with Gasteiger partial charge >= 0.3 is 0 Å². The monoisotopic (exact) mass is 251 g/mol. The van der Waals surface area contributed by atoms with Crippen LogP contribution in [0.5, 0.6) is 0 Å². The van der Waals surface area contributed by atoms with Crippen LogP contribution in [0.2, 0.25) is 0 Å². The van der Waals surface area contributed by atoms with Gasteiger partial charge < -0.3 is 15.3 Å². The first-order valence-corrected chi connectivity index (χ1v) is 6.18. The van der Waals surface area contributed by atoms with Crippen molar-refractivity contribution >= 4 is 11.7 Å². The highest BCUT2D eigenvalue weighted by molar-refractivity contribution is 5.80. The minimum atomic E-state index is -0.523.